The molecule has 0 fully saturated rings. The van der Waals surface area contributed by atoms with Gasteiger partial charge in [0.1, 0.15) is 5.60 Å². The number of hydrogen-bond donors (Lipinski definition) is 2. The van der Waals surface area contributed by atoms with E-state index in [1.54, 1.807) is 27.8 Å². The number of thiol groups is 1. The molecule has 0 bridgehead atoms. The highest BCUT2D eigenvalue weighted by molar-refractivity contribution is 7.81. The van der Waals surface area contributed by atoms with Crippen LogP contribution in [0.5, 0.6) is 0 Å². The molecule has 4 nitrogen and oxygen atoms in total. The Bertz CT molecular complexity index is 213. The molecule has 0 aromatic rings. The maximum atomic E-state index is 11.1. The van der Waals surface area contributed by atoms with Crippen LogP contribution in [0, 0.1) is 0 Å². The fraction of sp³-hybridized carbons (Fsp3) is 0.917. The van der Waals surface area contributed by atoms with Gasteiger partial charge < -0.3 is 14.7 Å². The Kier molecular flexibility index (Phi) is 8.71. The molecule has 0 atom stereocenters. The third-order valence-electron chi connectivity index (χ3n) is 1.14. The van der Waals surface area contributed by atoms with Gasteiger partial charge in [-0.2, -0.15) is 12.6 Å². The second kappa shape index (κ2) is 7.82. The highest BCUT2D eigenvalue weighted by atomic mass is 32.1. The first-order valence-electron chi connectivity index (χ1n) is 5.64. The molecule has 17 heavy (non-hydrogen) atoms. The largest absolute Gasteiger partial charge is 0.444 e. The van der Waals surface area contributed by atoms with E-state index < -0.39 is 11.7 Å². The van der Waals surface area contributed by atoms with Gasteiger partial charge in [0.25, 0.3) is 0 Å². The van der Waals surface area contributed by atoms with Crippen molar-refractivity contribution in [3.05, 3.63) is 0 Å². The number of rotatable bonds is 2. The molecule has 0 radical (unpaired) electrons. The van der Waals surface area contributed by atoms with Crippen LogP contribution in [-0.2, 0) is 4.74 Å². The number of hydrogen-bond acceptors (Lipinski definition) is 4. The molecule has 0 unspecified atom stereocenters. The first-order chi connectivity index (χ1) is 7.37. The molecule has 0 aromatic heterocycles. The summed E-state index contributed by atoms with van der Waals surface area (Å²) in [6, 6.07) is 0. The van der Waals surface area contributed by atoms with Gasteiger partial charge >= 0.3 is 6.09 Å². The molecule has 1 N–H and O–H groups in total. The maximum absolute atomic E-state index is 11.1. The molecule has 104 valence electrons. The van der Waals surface area contributed by atoms with E-state index >= 15 is 0 Å². The van der Waals surface area contributed by atoms with Crippen LogP contribution in [0.3, 0.4) is 0 Å². The van der Waals surface area contributed by atoms with E-state index in [-0.39, 0.29) is 11.4 Å². The maximum Gasteiger partial charge on any atom is 0.410 e. The van der Waals surface area contributed by atoms with Crippen molar-refractivity contribution in [3.63, 3.8) is 0 Å². The van der Waals surface area contributed by atoms with Crippen LogP contribution in [0.25, 0.3) is 0 Å². The van der Waals surface area contributed by atoms with Crippen LogP contribution in [0.2, 0.25) is 0 Å². The second-order valence-corrected chi connectivity index (χ2v) is 7.14. The third-order valence-corrected chi connectivity index (χ3v) is 1.14. The van der Waals surface area contributed by atoms with E-state index in [4.69, 9.17) is 9.84 Å². The molecule has 0 rings (SSSR count). The molecule has 0 aliphatic carbocycles. The summed E-state index contributed by atoms with van der Waals surface area (Å²) in [4.78, 5) is 12.5. The van der Waals surface area contributed by atoms with Crippen molar-refractivity contribution >= 4 is 18.7 Å². The number of likely N-dealkylation sites (N-methyl/N-ethyl adjacent to an activating group) is 1. The molecular weight excluding hydrogens is 238 g/mol. The average Bonchev–Trinajstić information content (AvgIpc) is 1.97. The standard InChI is InChI=1S/C8H17NO3.C4H10S/c1-8(2,3)12-7(11)9(4)5-6-10;1-4(2,3)5/h10H,5-6H2,1-4H3;5H,1-3H3. The molecule has 0 aliphatic heterocycles. The van der Waals surface area contributed by atoms with Gasteiger partial charge in [-0.1, -0.05) is 20.8 Å². The Morgan fingerprint density at radius 2 is 1.59 bits per heavy atom. The van der Waals surface area contributed by atoms with Gasteiger partial charge in [-0.05, 0) is 20.8 Å². The fourth-order valence-corrected chi connectivity index (χ4v) is 0.581. The van der Waals surface area contributed by atoms with Gasteiger partial charge in [0.15, 0.2) is 0 Å². The van der Waals surface area contributed by atoms with E-state index in [0.29, 0.717) is 6.54 Å². The highest BCUT2D eigenvalue weighted by Crippen LogP contribution is 2.08. The summed E-state index contributed by atoms with van der Waals surface area (Å²) in [6.07, 6.45) is -0.406. The Hall–Kier alpha value is -0.420. The predicted octanol–water partition coefficient (Wildman–Crippen LogP) is 2.56. The Morgan fingerprint density at radius 3 is 1.82 bits per heavy atom. The minimum absolute atomic E-state index is 0.0459. The summed E-state index contributed by atoms with van der Waals surface area (Å²) < 4.78 is 5.22. The summed E-state index contributed by atoms with van der Waals surface area (Å²) in [5, 5.41) is 8.53. The van der Waals surface area contributed by atoms with E-state index in [9.17, 15) is 4.79 Å². The number of ether oxygens (including phenoxy) is 1. The van der Waals surface area contributed by atoms with E-state index in [0.717, 1.165) is 0 Å². The Balaban J connectivity index is 0. The number of aliphatic hydroxyl groups is 1. The zero-order valence-corrected chi connectivity index (χ0v) is 13.0. The Morgan fingerprint density at radius 1 is 1.24 bits per heavy atom. The van der Waals surface area contributed by atoms with Gasteiger partial charge in [0, 0.05) is 18.3 Å². The number of nitrogens with zero attached hydrogens (tertiary/aromatic N) is 1. The molecular formula is C12H27NO3S. The van der Waals surface area contributed by atoms with Crippen molar-refractivity contribution < 1.29 is 14.6 Å². The van der Waals surface area contributed by atoms with Crippen LogP contribution in [-0.4, -0.2) is 46.6 Å². The lowest BCUT2D eigenvalue weighted by Crippen LogP contribution is -2.35. The van der Waals surface area contributed by atoms with Crippen LogP contribution < -0.4 is 0 Å². The third kappa shape index (κ3) is 21.4. The fourth-order valence-electron chi connectivity index (χ4n) is 0.581. The molecule has 0 aliphatic rings. The number of amides is 1. The van der Waals surface area contributed by atoms with Gasteiger partial charge in [-0.3, -0.25) is 0 Å². The predicted molar refractivity (Wildman–Crippen MR) is 74.7 cm³/mol. The molecule has 0 saturated carbocycles. The molecule has 0 aromatic carbocycles. The van der Waals surface area contributed by atoms with Crippen molar-refractivity contribution in [1.82, 2.24) is 4.90 Å². The molecule has 5 heteroatoms. The lowest BCUT2D eigenvalue weighted by molar-refractivity contribution is 0.0272. The minimum Gasteiger partial charge on any atom is -0.444 e. The van der Waals surface area contributed by atoms with Gasteiger partial charge in [0.05, 0.1) is 6.61 Å². The van der Waals surface area contributed by atoms with E-state index in [1.807, 2.05) is 0 Å². The number of carbonyl (C=O) groups excluding carboxylic acids is 1. The van der Waals surface area contributed by atoms with Crippen molar-refractivity contribution in [2.75, 3.05) is 20.2 Å². The lowest BCUT2D eigenvalue weighted by atomic mass is 10.2. The van der Waals surface area contributed by atoms with Gasteiger partial charge in [-0.15, -0.1) is 0 Å². The highest BCUT2D eigenvalue weighted by Gasteiger charge is 2.18. The number of aliphatic hydroxyl groups excluding tert-OH is 1. The molecule has 0 heterocycles. The van der Waals surface area contributed by atoms with Crippen molar-refractivity contribution in [3.8, 4) is 0 Å². The van der Waals surface area contributed by atoms with Gasteiger partial charge in [0.2, 0.25) is 0 Å². The summed E-state index contributed by atoms with van der Waals surface area (Å²) >= 11 is 4.12. The molecule has 1 amide bonds. The van der Waals surface area contributed by atoms with Crippen LogP contribution >= 0.6 is 12.6 Å². The van der Waals surface area contributed by atoms with Crippen molar-refractivity contribution in [2.45, 2.75) is 51.9 Å². The minimum atomic E-state index is -0.471. The lowest BCUT2D eigenvalue weighted by Gasteiger charge is -2.24. The topological polar surface area (TPSA) is 49.8 Å². The normalized spacial score (nSPS) is 11.4. The monoisotopic (exact) mass is 265 g/mol. The summed E-state index contributed by atoms with van der Waals surface area (Å²) in [5.74, 6) is 0. The molecule has 0 saturated heterocycles. The second-order valence-electron chi connectivity index (χ2n) is 5.80. The summed E-state index contributed by atoms with van der Waals surface area (Å²) in [7, 11) is 1.59. The summed E-state index contributed by atoms with van der Waals surface area (Å²) in [5.41, 5.74) is -0.471. The van der Waals surface area contributed by atoms with E-state index in [2.05, 4.69) is 33.4 Å². The smallest absolute Gasteiger partial charge is 0.410 e. The van der Waals surface area contributed by atoms with Crippen molar-refractivity contribution in [2.24, 2.45) is 0 Å². The van der Waals surface area contributed by atoms with Crippen LogP contribution in [0.15, 0.2) is 0 Å². The van der Waals surface area contributed by atoms with Crippen LogP contribution in [0.1, 0.15) is 41.5 Å². The Labute approximate surface area is 111 Å². The first kappa shape index (κ1) is 18.9. The summed E-state index contributed by atoms with van der Waals surface area (Å²) in [6.45, 7) is 11.8. The number of carbonyl (C=O) groups is 1. The first-order valence-corrected chi connectivity index (χ1v) is 6.09. The average molecular weight is 265 g/mol. The quantitative estimate of drug-likeness (QED) is 0.754. The van der Waals surface area contributed by atoms with Gasteiger partial charge in [-0.25, -0.2) is 4.79 Å². The zero-order valence-electron chi connectivity index (χ0n) is 12.1. The molecule has 0 spiro atoms. The SMILES string of the molecule is CC(C)(C)S.CN(CCO)C(=O)OC(C)(C)C. The van der Waals surface area contributed by atoms with Crippen molar-refractivity contribution in [1.29, 1.82) is 0 Å². The van der Waals surface area contributed by atoms with E-state index in [1.165, 1.54) is 4.90 Å². The zero-order chi connectivity index (χ0) is 14.3. The van der Waals surface area contributed by atoms with Crippen LogP contribution in [0.4, 0.5) is 4.79 Å².